The van der Waals surface area contributed by atoms with Gasteiger partial charge in [0.05, 0.1) is 40.7 Å². The van der Waals surface area contributed by atoms with Gasteiger partial charge in [0.15, 0.2) is 0 Å². The Morgan fingerprint density at radius 2 is 1.59 bits per heavy atom. The van der Waals surface area contributed by atoms with Gasteiger partial charge in [-0.05, 0) is 68.5 Å². The molecule has 6 heteroatoms. The standard InChI is InChI=1S/C31H30N2O4/c1-4-30-11-12-31(37-30,13-14-36-22-16-19(2)15-20(3)17-22)27-26(30)28(34)33(29(27)35)25-10-9-21(18-32)23-7-5-6-8-24(23)25/h5-10,15-17,34-35H,4,11-14H2,1-3H3/t30-,31-/m0/s1. The molecule has 2 aliphatic rings. The Hall–Kier alpha value is -3.95. The number of aryl methyl sites for hydroxylation is 2. The van der Waals surface area contributed by atoms with E-state index in [4.69, 9.17) is 9.47 Å². The van der Waals surface area contributed by atoms with Gasteiger partial charge in [-0.25, -0.2) is 0 Å². The fourth-order valence-corrected chi connectivity index (χ4v) is 6.52. The van der Waals surface area contributed by atoms with Crippen molar-refractivity contribution in [3.63, 3.8) is 0 Å². The van der Waals surface area contributed by atoms with Crippen LogP contribution in [0.1, 0.15) is 60.4 Å². The van der Waals surface area contributed by atoms with E-state index < -0.39 is 11.2 Å². The largest absolute Gasteiger partial charge is 0.494 e. The van der Waals surface area contributed by atoms with E-state index in [1.807, 2.05) is 50.2 Å². The molecule has 188 valence electrons. The summed E-state index contributed by atoms with van der Waals surface area (Å²) in [7, 11) is 0. The molecule has 0 unspecified atom stereocenters. The molecule has 3 aromatic carbocycles. The summed E-state index contributed by atoms with van der Waals surface area (Å²) in [6.07, 6.45) is 2.76. The van der Waals surface area contributed by atoms with Gasteiger partial charge in [-0.1, -0.05) is 37.3 Å². The number of ether oxygens (including phenoxy) is 2. The van der Waals surface area contributed by atoms with Crippen LogP contribution in [0.15, 0.2) is 54.6 Å². The zero-order valence-electron chi connectivity index (χ0n) is 21.3. The number of aromatic nitrogens is 1. The van der Waals surface area contributed by atoms with E-state index in [0.29, 0.717) is 41.8 Å². The lowest BCUT2D eigenvalue weighted by Gasteiger charge is -2.27. The maximum absolute atomic E-state index is 11.7. The molecule has 3 heterocycles. The van der Waals surface area contributed by atoms with Gasteiger partial charge in [0.1, 0.15) is 11.4 Å². The Kier molecular flexibility index (Phi) is 5.25. The number of rotatable bonds is 6. The molecule has 2 bridgehead atoms. The van der Waals surface area contributed by atoms with Crippen molar-refractivity contribution in [3.8, 4) is 29.3 Å². The van der Waals surface area contributed by atoms with Gasteiger partial charge < -0.3 is 19.7 Å². The van der Waals surface area contributed by atoms with Crippen molar-refractivity contribution in [1.82, 2.24) is 4.57 Å². The van der Waals surface area contributed by atoms with Gasteiger partial charge >= 0.3 is 0 Å². The fourth-order valence-electron chi connectivity index (χ4n) is 6.52. The minimum absolute atomic E-state index is 0.000938. The average molecular weight is 495 g/mol. The summed E-state index contributed by atoms with van der Waals surface area (Å²) in [6.45, 7) is 6.58. The molecule has 0 spiro atoms. The molecule has 2 N–H and O–H groups in total. The maximum atomic E-state index is 11.7. The molecule has 37 heavy (non-hydrogen) atoms. The zero-order chi connectivity index (χ0) is 25.9. The van der Waals surface area contributed by atoms with Crippen molar-refractivity contribution in [2.75, 3.05) is 6.61 Å². The Labute approximate surface area is 216 Å². The third kappa shape index (κ3) is 3.34. The summed E-state index contributed by atoms with van der Waals surface area (Å²) in [5, 5.41) is 34.4. The first-order chi connectivity index (χ1) is 17.8. The third-order valence-corrected chi connectivity index (χ3v) is 8.16. The number of hydrogen-bond donors (Lipinski definition) is 2. The smallest absolute Gasteiger partial charge is 0.205 e. The lowest BCUT2D eigenvalue weighted by molar-refractivity contribution is -0.0986. The first-order valence-corrected chi connectivity index (χ1v) is 12.8. The van der Waals surface area contributed by atoms with Gasteiger partial charge in [0.25, 0.3) is 0 Å². The lowest BCUT2D eigenvalue weighted by atomic mass is 9.76. The quantitative estimate of drug-likeness (QED) is 0.314. The Balaban J connectivity index is 1.44. The van der Waals surface area contributed by atoms with Gasteiger partial charge in [0, 0.05) is 17.2 Å². The van der Waals surface area contributed by atoms with Gasteiger partial charge in [-0.3, -0.25) is 4.57 Å². The predicted molar refractivity (Wildman–Crippen MR) is 141 cm³/mol. The Morgan fingerprint density at radius 1 is 0.946 bits per heavy atom. The van der Waals surface area contributed by atoms with Crippen molar-refractivity contribution < 1.29 is 19.7 Å². The fraction of sp³-hybridized carbons (Fsp3) is 0.323. The summed E-state index contributed by atoms with van der Waals surface area (Å²) < 4.78 is 14.4. The number of hydrogen-bond acceptors (Lipinski definition) is 5. The molecular weight excluding hydrogens is 464 g/mol. The molecule has 1 saturated heterocycles. The molecule has 1 fully saturated rings. The van der Waals surface area contributed by atoms with Crippen molar-refractivity contribution in [3.05, 3.63) is 82.4 Å². The van der Waals surface area contributed by atoms with Crippen LogP contribution >= 0.6 is 0 Å². The SMILES string of the molecule is CC[C@@]12CC[C@@](CCOc3cc(C)cc(C)c3)(O1)c1c2c(O)n(-c2ccc(C#N)c3ccccc23)c1O. The Bertz CT molecular complexity index is 1580. The molecule has 6 nitrogen and oxygen atoms in total. The van der Waals surface area contributed by atoms with Gasteiger partial charge in [0.2, 0.25) is 11.8 Å². The van der Waals surface area contributed by atoms with Gasteiger partial charge in [-0.2, -0.15) is 5.26 Å². The van der Waals surface area contributed by atoms with Crippen LogP contribution in [0.4, 0.5) is 0 Å². The predicted octanol–water partition coefficient (Wildman–Crippen LogP) is 6.62. The zero-order valence-corrected chi connectivity index (χ0v) is 21.3. The molecule has 0 radical (unpaired) electrons. The first kappa shape index (κ1) is 23.4. The highest BCUT2D eigenvalue weighted by Gasteiger charge is 2.62. The Morgan fingerprint density at radius 3 is 2.27 bits per heavy atom. The van der Waals surface area contributed by atoms with E-state index in [0.717, 1.165) is 40.5 Å². The number of aromatic hydroxyl groups is 2. The summed E-state index contributed by atoms with van der Waals surface area (Å²) in [5.74, 6) is 0.811. The molecule has 4 aromatic rings. The van der Waals surface area contributed by atoms with Crippen molar-refractivity contribution in [2.45, 2.75) is 57.7 Å². The van der Waals surface area contributed by atoms with E-state index in [1.54, 1.807) is 12.1 Å². The highest BCUT2D eigenvalue weighted by atomic mass is 16.5. The highest BCUT2D eigenvalue weighted by molar-refractivity contribution is 5.95. The number of fused-ring (bicyclic) bond motifs is 6. The van der Waals surface area contributed by atoms with E-state index in [2.05, 4.69) is 19.1 Å². The monoisotopic (exact) mass is 494 g/mol. The van der Waals surface area contributed by atoms with Gasteiger partial charge in [-0.15, -0.1) is 0 Å². The van der Waals surface area contributed by atoms with Crippen LogP contribution in [0, 0.1) is 25.2 Å². The molecule has 0 amide bonds. The van der Waals surface area contributed by atoms with E-state index >= 15 is 0 Å². The molecule has 2 atom stereocenters. The first-order valence-electron chi connectivity index (χ1n) is 12.8. The summed E-state index contributed by atoms with van der Waals surface area (Å²) in [6, 6.07) is 19.5. The van der Waals surface area contributed by atoms with Crippen molar-refractivity contribution >= 4 is 10.8 Å². The topological polar surface area (TPSA) is 87.6 Å². The van der Waals surface area contributed by atoms with Crippen LogP contribution in [0.3, 0.4) is 0 Å². The minimum atomic E-state index is -0.737. The molecule has 6 rings (SSSR count). The van der Waals surface area contributed by atoms with Crippen LogP contribution in [0.2, 0.25) is 0 Å². The summed E-state index contributed by atoms with van der Waals surface area (Å²) >= 11 is 0. The highest BCUT2D eigenvalue weighted by Crippen LogP contribution is 2.66. The molecule has 0 saturated carbocycles. The summed E-state index contributed by atoms with van der Waals surface area (Å²) in [4.78, 5) is 0. The molecular formula is C31H30N2O4. The second kappa shape index (κ2) is 8.29. The van der Waals surface area contributed by atoms with Crippen molar-refractivity contribution in [2.24, 2.45) is 0 Å². The minimum Gasteiger partial charge on any atom is -0.494 e. The van der Waals surface area contributed by atoms with E-state index in [1.165, 1.54) is 4.57 Å². The average Bonchev–Trinajstić information content (AvgIpc) is 3.49. The van der Waals surface area contributed by atoms with Crippen LogP contribution in [-0.4, -0.2) is 21.4 Å². The number of nitrogens with zero attached hydrogens (tertiary/aromatic N) is 2. The second-order valence-electron chi connectivity index (χ2n) is 10.4. The maximum Gasteiger partial charge on any atom is 0.205 e. The molecule has 2 aliphatic heterocycles. The normalized spacial score (nSPS) is 21.8. The van der Waals surface area contributed by atoms with Crippen LogP contribution in [-0.2, 0) is 15.9 Å². The van der Waals surface area contributed by atoms with Crippen molar-refractivity contribution in [1.29, 1.82) is 5.26 Å². The van der Waals surface area contributed by atoms with E-state index in [-0.39, 0.29) is 11.8 Å². The summed E-state index contributed by atoms with van der Waals surface area (Å²) in [5.41, 5.74) is 3.43. The number of benzene rings is 3. The van der Waals surface area contributed by atoms with E-state index in [9.17, 15) is 15.5 Å². The molecule has 0 aliphatic carbocycles. The van der Waals surface area contributed by atoms with Crippen LogP contribution in [0.25, 0.3) is 16.5 Å². The second-order valence-corrected chi connectivity index (χ2v) is 10.4. The van der Waals surface area contributed by atoms with Crippen LogP contribution in [0.5, 0.6) is 17.5 Å². The molecule has 1 aromatic heterocycles. The van der Waals surface area contributed by atoms with Crippen LogP contribution < -0.4 is 4.74 Å². The lowest BCUT2D eigenvalue weighted by Crippen LogP contribution is -2.25. The number of nitriles is 1. The third-order valence-electron chi connectivity index (χ3n) is 8.16.